The lowest BCUT2D eigenvalue weighted by atomic mass is 9.51. The maximum atomic E-state index is 12.5. The van der Waals surface area contributed by atoms with Crippen LogP contribution in [0.25, 0.3) is 0 Å². The Labute approximate surface area is 505 Å². The number of benzene rings is 5. The van der Waals surface area contributed by atoms with Crippen molar-refractivity contribution < 1.29 is 14.3 Å². The number of rotatable bonds is 12. The third-order valence-corrected chi connectivity index (χ3v) is 18.7. The van der Waals surface area contributed by atoms with E-state index in [1.807, 2.05) is 82.3 Å². The highest BCUT2D eigenvalue weighted by Crippen LogP contribution is 2.59. The van der Waals surface area contributed by atoms with Crippen LogP contribution < -0.4 is 15.4 Å². The Hall–Kier alpha value is -4.80. The second-order valence-electron chi connectivity index (χ2n) is 27.2. The number of amides is 2. The first-order chi connectivity index (χ1) is 37.8. The van der Waals surface area contributed by atoms with Gasteiger partial charge in [0.25, 0.3) is 11.8 Å². The van der Waals surface area contributed by atoms with Gasteiger partial charge in [-0.3, -0.25) is 9.59 Å². The van der Waals surface area contributed by atoms with Gasteiger partial charge in [0.2, 0.25) is 0 Å². The number of hydrogen-bond acceptors (Lipinski definition) is 4. The summed E-state index contributed by atoms with van der Waals surface area (Å²) in [5.41, 5.74) is 11.7. The zero-order chi connectivity index (χ0) is 60.4. The number of halogens is 3. The normalized spacial score (nSPS) is 18.3. The van der Waals surface area contributed by atoms with Crippen molar-refractivity contribution in [1.29, 1.82) is 5.26 Å². The first kappa shape index (κ1) is 67.0. The molecule has 5 aromatic carbocycles. The lowest BCUT2D eigenvalue weighted by Gasteiger charge is -2.54. The maximum Gasteiger partial charge on any atom is 0.255 e. The molecule has 5 saturated carbocycles. The molecule has 5 aromatic rings. The van der Waals surface area contributed by atoms with Crippen LogP contribution in [0, 0.1) is 46.8 Å². The Bertz CT molecular complexity index is 2940. The van der Waals surface area contributed by atoms with Gasteiger partial charge in [-0.1, -0.05) is 156 Å². The molecule has 0 radical (unpaired) electrons. The predicted molar refractivity (Wildman–Crippen MR) is 347 cm³/mol. The lowest BCUT2D eigenvalue weighted by molar-refractivity contribution is -0.0282. The van der Waals surface area contributed by atoms with Gasteiger partial charge in [-0.2, -0.15) is 5.26 Å². The number of nitrogens with one attached hydrogen (secondary N) is 2. The van der Waals surface area contributed by atoms with Gasteiger partial charge in [0, 0.05) is 32.5 Å². The number of fused-ring (bicyclic) bond motifs is 3. The van der Waals surface area contributed by atoms with Crippen LogP contribution in [0.5, 0.6) is 5.75 Å². The fourth-order valence-electron chi connectivity index (χ4n) is 11.2. The van der Waals surface area contributed by atoms with Crippen LogP contribution >= 0.6 is 34.8 Å². The van der Waals surface area contributed by atoms with Crippen LogP contribution in [0.15, 0.2) is 91.0 Å². The number of nitrogens with zero attached hydrogens (tertiary/aromatic N) is 1. The van der Waals surface area contributed by atoms with Gasteiger partial charge < -0.3 is 15.4 Å². The minimum Gasteiger partial charge on any atom is -0.495 e. The van der Waals surface area contributed by atoms with Crippen molar-refractivity contribution in [1.82, 2.24) is 0 Å². The molecule has 5 fully saturated rings. The van der Waals surface area contributed by atoms with Crippen molar-refractivity contribution in [3.05, 3.63) is 156 Å². The van der Waals surface area contributed by atoms with E-state index in [0.717, 1.165) is 67.7 Å². The molecule has 6 nitrogen and oxygen atoms in total. The van der Waals surface area contributed by atoms with Crippen LogP contribution in [-0.4, -0.2) is 18.9 Å². The molecule has 0 saturated heterocycles. The summed E-state index contributed by atoms with van der Waals surface area (Å²) in [4.78, 5) is 25.0. The van der Waals surface area contributed by atoms with Crippen LogP contribution in [0.1, 0.15) is 258 Å². The van der Waals surface area contributed by atoms with Gasteiger partial charge in [0.15, 0.2) is 0 Å². The molecule has 0 aromatic heterocycles. The van der Waals surface area contributed by atoms with E-state index in [4.69, 9.17) is 39.5 Å². The molecule has 0 aliphatic heterocycles. The van der Waals surface area contributed by atoms with Crippen molar-refractivity contribution in [3.8, 4) is 11.8 Å². The second kappa shape index (κ2) is 28.7. The van der Waals surface area contributed by atoms with E-state index >= 15 is 0 Å². The van der Waals surface area contributed by atoms with Crippen molar-refractivity contribution >= 4 is 58.0 Å². The van der Waals surface area contributed by atoms with E-state index in [1.54, 1.807) is 31.4 Å². The smallest absolute Gasteiger partial charge is 0.255 e. The fourth-order valence-corrected chi connectivity index (χ4v) is 12.4. The zero-order valence-electron chi connectivity index (χ0n) is 52.6. The Morgan fingerprint density at radius 3 is 1.44 bits per heavy atom. The number of hydrogen-bond donors (Lipinski definition) is 2. The first-order valence-corrected chi connectivity index (χ1v) is 31.2. The van der Waals surface area contributed by atoms with E-state index in [1.165, 1.54) is 86.5 Å². The summed E-state index contributed by atoms with van der Waals surface area (Å²) in [6.45, 7) is 36.9. The average Bonchev–Trinajstić information content (AvgIpc) is 4.49. The largest absolute Gasteiger partial charge is 0.495 e. The topological polar surface area (TPSA) is 91.2 Å². The quantitative estimate of drug-likeness (QED) is 0.130. The summed E-state index contributed by atoms with van der Waals surface area (Å²) in [5.74, 6) is 5.20. The molecule has 0 unspecified atom stereocenters. The minimum absolute atomic E-state index is 0.0474. The third kappa shape index (κ3) is 18.6. The highest BCUT2D eigenvalue weighted by atomic mass is 35.5. The Kier molecular flexibility index (Phi) is 23.7. The van der Waals surface area contributed by atoms with Gasteiger partial charge in [0.1, 0.15) is 5.75 Å². The summed E-state index contributed by atoms with van der Waals surface area (Å²) in [7, 11) is 1.68. The zero-order valence-corrected chi connectivity index (χ0v) is 54.8. The molecular formula is C72H98Cl3N3O3. The molecule has 0 spiro atoms. The molecule has 0 atom stereocenters. The van der Waals surface area contributed by atoms with Crippen molar-refractivity contribution in [2.45, 2.75) is 216 Å². The Morgan fingerprint density at radius 1 is 0.630 bits per heavy atom. The third-order valence-electron chi connectivity index (χ3n) is 17.6. The highest BCUT2D eigenvalue weighted by molar-refractivity contribution is 6.33. The second-order valence-corrected chi connectivity index (χ2v) is 28.4. The van der Waals surface area contributed by atoms with Gasteiger partial charge in [-0.05, 0) is 248 Å². The molecular weight excluding hydrogens is 1060 g/mol. The molecule has 2 bridgehead atoms. The number of carbonyl (C=O) groups excluding carboxylic acids is 2. The summed E-state index contributed by atoms with van der Waals surface area (Å²) >= 11 is 18.8. The van der Waals surface area contributed by atoms with E-state index in [2.05, 4.69) is 119 Å². The number of ether oxygens (including phenoxy) is 1. The summed E-state index contributed by atoms with van der Waals surface area (Å²) in [5, 5.41) is 17.3. The molecule has 2 amide bonds. The van der Waals surface area contributed by atoms with Gasteiger partial charge >= 0.3 is 0 Å². The lowest BCUT2D eigenvalue weighted by Crippen LogP contribution is -2.42. The highest BCUT2D eigenvalue weighted by Gasteiger charge is 2.47. The summed E-state index contributed by atoms with van der Waals surface area (Å²) in [6.07, 6.45) is 14.7. The van der Waals surface area contributed by atoms with E-state index in [9.17, 15) is 14.9 Å². The number of methoxy groups -OCH3 is 1. The SMILES string of the molecule is CC(C)C12CCC(C)(CC1)CC2.CC(C)C1CC1.CC(C)c1cc(C(=O)Nc2cccc(C(C)(C)C#N)c2)ccc1Cl.CC(C)c1cc(C(=O)Nc2cccc(C(C)(C)C)c2)ccc1Cl.COc1cc(C)c(C2CC2)c(C(C)C)c1Cl. The maximum absolute atomic E-state index is 12.5. The Balaban J connectivity index is 0.000000196. The first-order valence-electron chi connectivity index (χ1n) is 30.1. The summed E-state index contributed by atoms with van der Waals surface area (Å²) in [6, 6.07) is 30.4. The van der Waals surface area contributed by atoms with E-state index in [-0.39, 0.29) is 29.1 Å². The molecule has 5 aliphatic carbocycles. The molecule has 81 heavy (non-hydrogen) atoms. The van der Waals surface area contributed by atoms with Crippen molar-refractivity contribution in [2.24, 2.45) is 28.6 Å². The molecule has 440 valence electrons. The molecule has 0 heterocycles. The monoisotopic (exact) mass is 1160 g/mol. The summed E-state index contributed by atoms with van der Waals surface area (Å²) < 4.78 is 5.34. The number of aryl methyl sites for hydroxylation is 1. The fraction of sp³-hybridized carbons (Fsp3) is 0.542. The molecule has 10 rings (SSSR count). The molecule has 2 N–H and O–H groups in total. The Morgan fingerprint density at radius 2 is 1.09 bits per heavy atom. The van der Waals surface area contributed by atoms with Crippen molar-refractivity contribution in [3.63, 3.8) is 0 Å². The van der Waals surface area contributed by atoms with Crippen LogP contribution in [-0.2, 0) is 10.8 Å². The average molecular weight is 1160 g/mol. The van der Waals surface area contributed by atoms with Crippen molar-refractivity contribution in [2.75, 3.05) is 17.7 Å². The van der Waals surface area contributed by atoms with Crippen LogP contribution in [0.2, 0.25) is 15.1 Å². The number of nitriles is 1. The van der Waals surface area contributed by atoms with Gasteiger partial charge in [0.05, 0.1) is 23.6 Å². The van der Waals surface area contributed by atoms with Crippen LogP contribution in [0.4, 0.5) is 11.4 Å². The van der Waals surface area contributed by atoms with Crippen LogP contribution in [0.3, 0.4) is 0 Å². The minimum atomic E-state index is -0.605. The number of anilines is 2. The molecule has 9 heteroatoms. The van der Waals surface area contributed by atoms with E-state index < -0.39 is 5.41 Å². The predicted octanol–water partition coefficient (Wildman–Crippen LogP) is 22.2. The van der Waals surface area contributed by atoms with E-state index in [0.29, 0.717) is 32.8 Å². The standard InChI is InChI=1S/C20H21ClN2O.C20H24ClNO.C14H19ClO.C12H22.C6H12/c1-13(2)17-10-14(8-9-18(17)21)19(24)23-16-7-5-6-15(11-16)20(3,4)12-22;1-13(2)17-11-14(9-10-18(17)21)19(23)22-16-8-6-7-15(12-16)20(3,4)5;1-8(2)12-13(10-5-6-10)9(3)7-11(16-4)14(12)15;1-10(2)12-7-4-11(3,5-8-12)6-9-12;1-5(2)6-3-4-6/h5-11,13H,1-4H3,(H,23,24);6-13H,1-5H3,(H,22,23);7-8,10H,5-6H2,1-4H3;10H,4-9H2,1-3H3;5-6H,3-4H2,1-2H3. The molecule has 5 aliphatic rings. The van der Waals surface area contributed by atoms with Gasteiger partial charge in [-0.15, -0.1) is 0 Å². The van der Waals surface area contributed by atoms with Gasteiger partial charge in [-0.25, -0.2) is 0 Å². The number of carbonyl (C=O) groups is 2.